The molecule has 17 heavy (non-hydrogen) atoms. The monoisotopic (exact) mass is 299 g/mol. The van der Waals surface area contributed by atoms with Crippen molar-refractivity contribution in [2.24, 2.45) is 17.3 Å². The number of amides is 1. The number of alkyl halides is 1. The molecule has 5 atom stereocenters. The van der Waals surface area contributed by atoms with Crippen LogP contribution in [0.3, 0.4) is 0 Å². The van der Waals surface area contributed by atoms with E-state index in [4.69, 9.17) is 0 Å². The summed E-state index contributed by atoms with van der Waals surface area (Å²) in [6, 6.07) is 0.441. The van der Waals surface area contributed by atoms with Crippen molar-refractivity contribution in [3.8, 4) is 0 Å². The van der Waals surface area contributed by atoms with E-state index in [0.29, 0.717) is 22.7 Å². The lowest BCUT2D eigenvalue weighted by Crippen LogP contribution is -2.47. The Kier molecular flexibility index (Phi) is 2.81. The van der Waals surface area contributed by atoms with Gasteiger partial charge in [-0.1, -0.05) is 22.9 Å². The van der Waals surface area contributed by atoms with Crippen LogP contribution >= 0.6 is 15.9 Å². The molecule has 0 aromatic rings. The van der Waals surface area contributed by atoms with E-state index in [2.05, 4.69) is 34.7 Å². The second kappa shape index (κ2) is 3.97. The number of rotatable bonds is 1. The minimum atomic E-state index is -0.0387. The van der Waals surface area contributed by atoms with Gasteiger partial charge in [0.05, 0.1) is 5.41 Å². The van der Waals surface area contributed by atoms with Gasteiger partial charge in [-0.05, 0) is 50.9 Å². The molecule has 96 valence electrons. The molecule has 2 bridgehead atoms. The number of likely N-dealkylation sites (tertiary alicyclic amines) is 1. The average Bonchev–Trinajstić information content (AvgIpc) is 2.94. The van der Waals surface area contributed by atoms with E-state index in [-0.39, 0.29) is 5.41 Å². The summed E-state index contributed by atoms with van der Waals surface area (Å²) >= 11 is 3.79. The van der Waals surface area contributed by atoms with Gasteiger partial charge in [-0.15, -0.1) is 0 Å². The number of carbonyl (C=O) groups is 1. The molecular formula is C14H22BrNO. The normalized spacial score (nSPS) is 49.0. The maximum absolute atomic E-state index is 12.9. The van der Waals surface area contributed by atoms with Crippen LogP contribution in [0.15, 0.2) is 0 Å². The van der Waals surface area contributed by atoms with Crippen molar-refractivity contribution in [2.45, 2.75) is 56.8 Å². The number of nitrogens with zero attached hydrogens (tertiary/aromatic N) is 1. The zero-order valence-corrected chi connectivity index (χ0v) is 12.4. The van der Waals surface area contributed by atoms with Crippen LogP contribution in [-0.2, 0) is 4.79 Å². The third-order valence-electron chi connectivity index (χ3n) is 5.62. The van der Waals surface area contributed by atoms with Crippen molar-refractivity contribution in [3.63, 3.8) is 0 Å². The molecule has 3 aliphatic rings. The molecule has 1 amide bonds. The minimum Gasteiger partial charge on any atom is -0.339 e. The SMILES string of the molecule is CC1CCN(C(=O)C23CCC(CC2Br)C3)C1C. The number of carbonyl (C=O) groups excluding carboxylic acids is 1. The molecule has 2 nitrogen and oxygen atoms in total. The van der Waals surface area contributed by atoms with E-state index in [0.717, 1.165) is 25.3 Å². The van der Waals surface area contributed by atoms with E-state index in [9.17, 15) is 4.79 Å². The van der Waals surface area contributed by atoms with E-state index in [1.165, 1.54) is 19.3 Å². The van der Waals surface area contributed by atoms with Crippen molar-refractivity contribution in [3.05, 3.63) is 0 Å². The smallest absolute Gasteiger partial charge is 0.230 e. The highest BCUT2D eigenvalue weighted by atomic mass is 79.9. The third kappa shape index (κ3) is 1.61. The number of hydrogen-bond acceptors (Lipinski definition) is 1. The summed E-state index contributed by atoms with van der Waals surface area (Å²) in [6.07, 6.45) is 5.91. The van der Waals surface area contributed by atoms with Gasteiger partial charge in [0.2, 0.25) is 5.91 Å². The molecule has 0 spiro atoms. The lowest BCUT2D eigenvalue weighted by Gasteiger charge is -2.36. The quantitative estimate of drug-likeness (QED) is 0.681. The first-order chi connectivity index (χ1) is 8.04. The van der Waals surface area contributed by atoms with Crippen LogP contribution in [0.2, 0.25) is 0 Å². The molecule has 1 heterocycles. The molecule has 0 N–H and O–H groups in total. The fourth-order valence-electron chi connectivity index (χ4n) is 4.18. The van der Waals surface area contributed by atoms with Crippen molar-refractivity contribution in [1.29, 1.82) is 0 Å². The maximum Gasteiger partial charge on any atom is 0.230 e. The summed E-state index contributed by atoms with van der Waals surface area (Å²) in [5, 5.41) is 0. The summed E-state index contributed by atoms with van der Waals surface area (Å²) in [5.74, 6) is 1.93. The predicted molar refractivity (Wildman–Crippen MR) is 72.1 cm³/mol. The summed E-state index contributed by atoms with van der Waals surface area (Å²) in [4.78, 5) is 15.5. The molecule has 2 aliphatic carbocycles. The first-order valence-corrected chi connectivity index (χ1v) is 7.91. The highest BCUT2D eigenvalue weighted by molar-refractivity contribution is 9.09. The summed E-state index contributed by atoms with van der Waals surface area (Å²) in [6.45, 7) is 5.47. The maximum atomic E-state index is 12.9. The lowest BCUT2D eigenvalue weighted by atomic mass is 9.82. The molecule has 3 fully saturated rings. The van der Waals surface area contributed by atoms with E-state index >= 15 is 0 Å². The number of halogens is 1. The highest BCUT2D eigenvalue weighted by Gasteiger charge is 2.57. The van der Waals surface area contributed by atoms with Crippen LogP contribution < -0.4 is 0 Å². The van der Waals surface area contributed by atoms with Gasteiger partial charge >= 0.3 is 0 Å². The highest BCUT2D eigenvalue weighted by Crippen LogP contribution is 2.58. The Morgan fingerprint density at radius 2 is 2.12 bits per heavy atom. The lowest BCUT2D eigenvalue weighted by molar-refractivity contribution is -0.142. The second-order valence-corrected chi connectivity index (χ2v) is 7.58. The standard InChI is InChI=1S/C14H22BrNO/c1-9-4-6-16(10(9)2)13(17)14-5-3-11(8-14)7-12(14)15/h9-12H,3-8H2,1-2H3. The van der Waals surface area contributed by atoms with E-state index < -0.39 is 0 Å². The Hall–Kier alpha value is -0.0500. The van der Waals surface area contributed by atoms with Gasteiger partial charge in [0, 0.05) is 17.4 Å². The van der Waals surface area contributed by atoms with Gasteiger partial charge in [0.1, 0.15) is 0 Å². The predicted octanol–water partition coefficient (Wildman–Crippen LogP) is 3.20. The van der Waals surface area contributed by atoms with E-state index in [1.54, 1.807) is 0 Å². The molecule has 1 saturated heterocycles. The fraction of sp³-hybridized carbons (Fsp3) is 0.929. The Morgan fingerprint density at radius 1 is 1.35 bits per heavy atom. The zero-order valence-electron chi connectivity index (χ0n) is 10.8. The molecule has 0 aromatic heterocycles. The molecule has 3 heteroatoms. The Morgan fingerprint density at radius 3 is 2.59 bits per heavy atom. The molecule has 5 unspecified atom stereocenters. The summed E-state index contributed by atoms with van der Waals surface area (Å²) in [5.41, 5.74) is -0.0387. The fourth-order valence-corrected chi connectivity index (χ4v) is 5.32. The van der Waals surface area contributed by atoms with Gasteiger partial charge in [0.25, 0.3) is 0 Å². The van der Waals surface area contributed by atoms with Crippen molar-refractivity contribution in [1.82, 2.24) is 4.90 Å². The third-order valence-corrected chi connectivity index (χ3v) is 6.87. The van der Waals surface area contributed by atoms with Crippen LogP contribution in [0.4, 0.5) is 0 Å². The van der Waals surface area contributed by atoms with Crippen LogP contribution in [0.1, 0.15) is 46.0 Å². The molecule has 3 rings (SSSR count). The average molecular weight is 300 g/mol. The Balaban J connectivity index is 1.82. The molecule has 0 radical (unpaired) electrons. The van der Waals surface area contributed by atoms with Gasteiger partial charge in [-0.25, -0.2) is 0 Å². The van der Waals surface area contributed by atoms with Gasteiger partial charge < -0.3 is 4.90 Å². The molecule has 0 aromatic carbocycles. The van der Waals surface area contributed by atoms with Gasteiger partial charge in [0.15, 0.2) is 0 Å². The van der Waals surface area contributed by atoms with Crippen molar-refractivity contribution in [2.75, 3.05) is 6.54 Å². The largest absolute Gasteiger partial charge is 0.339 e. The van der Waals surface area contributed by atoms with Crippen molar-refractivity contribution < 1.29 is 4.79 Å². The number of fused-ring (bicyclic) bond motifs is 2. The second-order valence-electron chi connectivity index (χ2n) is 6.47. The molecular weight excluding hydrogens is 278 g/mol. The first-order valence-electron chi connectivity index (χ1n) is 7.00. The van der Waals surface area contributed by atoms with Crippen LogP contribution in [-0.4, -0.2) is 28.2 Å². The Labute approximate surface area is 112 Å². The van der Waals surface area contributed by atoms with Crippen molar-refractivity contribution >= 4 is 21.8 Å². The van der Waals surface area contributed by atoms with Gasteiger partial charge in [-0.2, -0.15) is 0 Å². The van der Waals surface area contributed by atoms with Crippen LogP contribution in [0, 0.1) is 17.3 Å². The zero-order chi connectivity index (χ0) is 12.2. The van der Waals surface area contributed by atoms with Crippen LogP contribution in [0.5, 0.6) is 0 Å². The Bertz CT molecular complexity index is 345. The topological polar surface area (TPSA) is 20.3 Å². The molecule has 1 aliphatic heterocycles. The number of hydrogen-bond donors (Lipinski definition) is 0. The summed E-state index contributed by atoms with van der Waals surface area (Å²) in [7, 11) is 0. The minimum absolute atomic E-state index is 0.0387. The van der Waals surface area contributed by atoms with Crippen LogP contribution in [0.25, 0.3) is 0 Å². The van der Waals surface area contributed by atoms with E-state index in [1.807, 2.05) is 0 Å². The van der Waals surface area contributed by atoms with Gasteiger partial charge in [-0.3, -0.25) is 4.79 Å². The summed E-state index contributed by atoms with van der Waals surface area (Å²) < 4.78 is 0. The molecule has 2 saturated carbocycles. The first kappa shape index (κ1) is 12.0.